The van der Waals surface area contributed by atoms with Gasteiger partial charge in [-0.25, -0.2) is 9.48 Å². The topological polar surface area (TPSA) is 50.2 Å². The molecule has 2 aromatic rings. The lowest BCUT2D eigenvalue weighted by Gasteiger charge is -2.25. The van der Waals surface area contributed by atoms with E-state index >= 15 is 0 Å². The predicted molar refractivity (Wildman–Crippen MR) is 97.8 cm³/mol. The van der Waals surface area contributed by atoms with Gasteiger partial charge in [-0.2, -0.15) is 5.10 Å². The number of hydrogen-bond acceptors (Lipinski definition) is 2. The number of carbonyl (C=O) groups excluding carboxylic acids is 1. The first-order chi connectivity index (χ1) is 12.1. The lowest BCUT2D eigenvalue weighted by atomic mass is 10.2. The number of nitrogens with one attached hydrogen (secondary N) is 1. The van der Waals surface area contributed by atoms with Crippen LogP contribution in [0, 0.1) is 5.92 Å². The van der Waals surface area contributed by atoms with Crippen molar-refractivity contribution in [2.24, 2.45) is 5.92 Å². The van der Waals surface area contributed by atoms with Crippen molar-refractivity contribution in [2.75, 3.05) is 7.05 Å². The highest BCUT2D eigenvalue weighted by molar-refractivity contribution is 5.74. The molecule has 1 saturated carbocycles. The Morgan fingerprint density at radius 1 is 1.32 bits per heavy atom. The number of fused-ring (bicyclic) bond motifs is 1. The lowest BCUT2D eigenvalue weighted by molar-refractivity contribution is 0.187. The highest BCUT2D eigenvalue weighted by atomic mass is 16.2. The van der Waals surface area contributed by atoms with Crippen molar-refractivity contribution in [2.45, 2.75) is 51.6 Å². The maximum Gasteiger partial charge on any atom is 0.317 e. The van der Waals surface area contributed by atoms with Crippen molar-refractivity contribution in [1.29, 1.82) is 0 Å². The predicted octanol–water partition coefficient (Wildman–Crippen LogP) is 3.30. The molecule has 132 valence electrons. The molecule has 0 aliphatic heterocycles. The number of para-hydroxylation sites is 1. The van der Waals surface area contributed by atoms with Gasteiger partial charge in [-0.1, -0.05) is 18.2 Å². The van der Waals surface area contributed by atoms with Gasteiger partial charge in [0.25, 0.3) is 0 Å². The van der Waals surface area contributed by atoms with Crippen LogP contribution < -0.4 is 5.32 Å². The van der Waals surface area contributed by atoms with E-state index in [1.807, 2.05) is 30.1 Å². The molecule has 1 atom stereocenters. The number of carbonyl (C=O) groups is 1. The molecule has 1 aromatic carbocycles. The summed E-state index contributed by atoms with van der Waals surface area (Å²) in [5.41, 5.74) is 4.73. The summed E-state index contributed by atoms with van der Waals surface area (Å²) in [7, 11) is 1.89. The summed E-state index contributed by atoms with van der Waals surface area (Å²) in [5, 5.41) is 7.88. The summed E-state index contributed by atoms with van der Waals surface area (Å²) in [5.74, 6) is 0.678. The number of rotatable bonds is 5. The second-order valence-electron chi connectivity index (χ2n) is 7.32. The van der Waals surface area contributed by atoms with Crippen LogP contribution >= 0.6 is 0 Å². The number of hydrogen-bond donors (Lipinski definition) is 1. The Bertz CT molecular complexity index is 764. The zero-order chi connectivity index (χ0) is 17.4. The van der Waals surface area contributed by atoms with E-state index in [1.165, 1.54) is 30.5 Å². The van der Waals surface area contributed by atoms with Gasteiger partial charge in [0.05, 0.1) is 17.9 Å². The van der Waals surface area contributed by atoms with E-state index in [0.717, 1.165) is 24.2 Å². The molecule has 2 aliphatic rings. The van der Waals surface area contributed by atoms with E-state index in [9.17, 15) is 4.79 Å². The van der Waals surface area contributed by atoms with Crippen LogP contribution in [0.3, 0.4) is 0 Å². The molecule has 0 saturated heterocycles. The first kappa shape index (κ1) is 16.2. The van der Waals surface area contributed by atoms with Crippen molar-refractivity contribution in [3.63, 3.8) is 0 Å². The minimum atomic E-state index is 0.000378. The zero-order valence-corrected chi connectivity index (χ0v) is 15.0. The third-order valence-electron chi connectivity index (χ3n) is 5.66. The highest BCUT2D eigenvalue weighted by Crippen LogP contribution is 2.34. The van der Waals surface area contributed by atoms with Crippen LogP contribution in [0.2, 0.25) is 0 Å². The average molecular weight is 338 g/mol. The Morgan fingerprint density at radius 2 is 2.08 bits per heavy atom. The van der Waals surface area contributed by atoms with Gasteiger partial charge < -0.3 is 10.2 Å². The van der Waals surface area contributed by atoms with Crippen LogP contribution in [-0.2, 0) is 19.4 Å². The van der Waals surface area contributed by atoms with Crippen molar-refractivity contribution < 1.29 is 4.79 Å². The molecular formula is C20H26N4O. The fraction of sp³-hybridized carbons (Fsp3) is 0.500. The molecule has 1 unspecified atom stereocenters. The molecule has 1 fully saturated rings. The molecule has 25 heavy (non-hydrogen) atoms. The largest absolute Gasteiger partial charge is 0.332 e. The fourth-order valence-electron chi connectivity index (χ4n) is 3.80. The maximum absolute atomic E-state index is 12.4. The first-order valence-corrected chi connectivity index (χ1v) is 9.31. The molecule has 2 amide bonds. The molecule has 5 nitrogen and oxygen atoms in total. The molecule has 1 heterocycles. The Labute approximate surface area is 149 Å². The van der Waals surface area contributed by atoms with Crippen molar-refractivity contribution >= 4 is 6.03 Å². The van der Waals surface area contributed by atoms with Crippen molar-refractivity contribution in [3.8, 4) is 5.69 Å². The number of nitrogens with zero attached hydrogens (tertiary/aromatic N) is 3. The fourth-order valence-corrected chi connectivity index (χ4v) is 3.80. The number of benzene rings is 1. The standard InChI is InChI=1S/C20H26N4O/c1-14(15-11-12-15)23(2)20(25)21-13-18-17-9-6-10-19(17)24(22-18)16-7-4-3-5-8-16/h3-5,7-8,14-15H,6,9-13H2,1-2H3,(H,21,25). The second-order valence-corrected chi connectivity index (χ2v) is 7.32. The first-order valence-electron chi connectivity index (χ1n) is 9.31. The lowest BCUT2D eigenvalue weighted by Crippen LogP contribution is -2.43. The number of urea groups is 1. The van der Waals surface area contributed by atoms with Gasteiger partial charge in [0, 0.05) is 18.8 Å². The van der Waals surface area contributed by atoms with E-state index < -0.39 is 0 Å². The normalized spacial score (nSPS) is 17.2. The van der Waals surface area contributed by atoms with Gasteiger partial charge >= 0.3 is 6.03 Å². The number of aromatic nitrogens is 2. The molecule has 1 aromatic heterocycles. The van der Waals surface area contributed by atoms with Gasteiger partial charge in [-0.05, 0) is 62.6 Å². The zero-order valence-electron chi connectivity index (χ0n) is 15.0. The minimum Gasteiger partial charge on any atom is -0.332 e. The van der Waals surface area contributed by atoms with E-state index in [4.69, 9.17) is 5.10 Å². The summed E-state index contributed by atoms with van der Waals surface area (Å²) in [6, 6.07) is 10.6. The minimum absolute atomic E-state index is 0.000378. The maximum atomic E-state index is 12.4. The van der Waals surface area contributed by atoms with Gasteiger partial charge in [0.1, 0.15) is 0 Å². The third-order valence-corrected chi connectivity index (χ3v) is 5.66. The Morgan fingerprint density at radius 3 is 2.80 bits per heavy atom. The molecule has 2 aliphatic carbocycles. The molecule has 1 N–H and O–H groups in total. The van der Waals surface area contributed by atoms with Crippen LogP contribution in [0.4, 0.5) is 4.79 Å². The SMILES string of the molecule is CC(C1CC1)N(C)C(=O)NCc1nn(-c2ccccc2)c2c1CCC2. The second kappa shape index (κ2) is 6.54. The summed E-state index contributed by atoms with van der Waals surface area (Å²) in [6.45, 7) is 2.64. The summed E-state index contributed by atoms with van der Waals surface area (Å²) >= 11 is 0. The van der Waals surface area contributed by atoms with Gasteiger partial charge in [-0.3, -0.25) is 0 Å². The van der Waals surface area contributed by atoms with Crippen LogP contribution in [0.1, 0.15) is 43.1 Å². The Kier molecular flexibility index (Phi) is 4.24. The number of amides is 2. The van der Waals surface area contributed by atoms with Crippen LogP contribution in [0.15, 0.2) is 30.3 Å². The monoisotopic (exact) mass is 338 g/mol. The van der Waals surface area contributed by atoms with Crippen LogP contribution in [0.25, 0.3) is 5.69 Å². The van der Waals surface area contributed by atoms with Crippen molar-refractivity contribution in [1.82, 2.24) is 20.0 Å². The summed E-state index contributed by atoms with van der Waals surface area (Å²) in [4.78, 5) is 14.3. The van der Waals surface area contributed by atoms with E-state index in [-0.39, 0.29) is 6.03 Å². The highest BCUT2D eigenvalue weighted by Gasteiger charge is 2.32. The quantitative estimate of drug-likeness (QED) is 0.909. The van der Waals surface area contributed by atoms with Gasteiger partial charge in [-0.15, -0.1) is 0 Å². The van der Waals surface area contributed by atoms with E-state index in [2.05, 4.69) is 29.1 Å². The third kappa shape index (κ3) is 3.15. The molecule has 5 heteroatoms. The molecule has 0 radical (unpaired) electrons. The van der Waals surface area contributed by atoms with Crippen LogP contribution in [0.5, 0.6) is 0 Å². The van der Waals surface area contributed by atoms with Crippen LogP contribution in [-0.4, -0.2) is 33.8 Å². The molecular weight excluding hydrogens is 312 g/mol. The molecule has 0 bridgehead atoms. The average Bonchev–Trinajstić information content (AvgIpc) is 3.28. The molecule has 4 rings (SSSR count). The Hall–Kier alpha value is -2.30. The van der Waals surface area contributed by atoms with E-state index in [0.29, 0.717) is 18.5 Å². The smallest absolute Gasteiger partial charge is 0.317 e. The van der Waals surface area contributed by atoms with E-state index in [1.54, 1.807) is 0 Å². The van der Waals surface area contributed by atoms with Gasteiger partial charge in [0.15, 0.2) is 0 Å². The molecule has 0 spiro atoms. The summed E-state index contributed by atoms with van der Waals surface area (Å²) < 4.78 is 2.06. The summed E-state index contributed by atoms with van der Waals surface area (Å²) in [6.07, 6.45) is 5.77. The van der Waals surface area contributed by atoms with Gasteiger partial charge in [0.2, 0.25) is 0 Å². The Balaban J connectivity index is 1.49. The van der Waals surface area contributed by atoms with Crippen molar-refractivity contribution in [3.05, 3.63) is 47.3 Å².